The molecule has 0 bridgehead atoms. The van der Waals surface area contributed by atoms with Crippen molar-refractivity contribution < 1.29 is 4.42 Å². The SMILES string of the molecule is Cc1cc(-c2cc(Cl)c(N)cc2C)c(C)o1. The first-order valence-electron chi connectivity index (χ1n) is 5.12. The van der Waals surface area contributed by atoms with E-state index in [1.54, 1.807) is 0 Å². The summed E-state index contributed by atoms with van der Waals surface area (Å²) in [6, 6.07) is 5.80. The Morgan fingerprint density at radius 1 is 1.06 bits per heavy atom. The zero-order chi connectivity index (χ0) is 11.9. The maximum atomic E-state index is 6.04. The van der Waals surface area contributed by atoms with E-state index in [4.69, 9.17) is 21.8 Å². The predicted molar refractivity (Wildman–Crippen MR) is 67.8 cm³/mol. The Hall–Kier alpha value is -1.41. The van der Waals surface area contributed by atoms with Gasteiger partial charge in [0.15, 0.2) is 0 Å². The predicted octanol–water partition coefficient (Wildman–Crippen LogP) is 4.11. The van der Waals surface area contributed by atoms with E-state index in [0.717, 1.165) is 28.2 Å². The van der Waals surface area contributed by atoms with Gasteiger partial charge >= 0.3 is 0 Å². The van der Waals surface area contributed by atoms with Crippen LogP contribution in [0.2, 0.25) is 5.02 Å². The van der Waals surface area contributed by atoms with Gasteiger partial charge in [-0.15, -0.1) is 0 Å². The second-order valence-electron chi connectivity index (χ2n) is 4.02. The molecule has 0 atom stereocenters. The molecule has 2 rings (SSSR count). The topological polar surface area (TPSA) is 39.2 Å². The summed E-state index contributed by atoms with van der Waals surface area (Å²) in [7, 11) is 0. The number of nitrogens with two attached hydrogens (primary N) is 1. The van der Waals surface area contributed by atoms with Crippen LogP contribution in [-0.2, 0) is 0 Å². The van der Waals surface area contributed by atoms with Crippen molar-refractivity contribution >= 4 is 17.3 Å². The first-order chi connectivity index (χ1) is 7.49. The average molecular weight is 236 g/mol. The summed E-state index contributed by atoms with van der Waals surface area (Å²) in [5.41, 5.74) is 9.63. The van der Waals surface area contributed by atoms with Crippen molar-refractivity contribution in [2.75, 3.05) is 5.73 Å². The van der Waals surface area contributed by atoms with Crippen LogP contribution in [0.5, 0.6) is 0 Å². The minimum absolute atomic E-state index is 0.582. The van der Waals surface area contributed by atoms with Gasteiger partial charge < -0.3 is 10.2 Å². The van der Waals surface area contributed by atoms with Gasteiger partial charge in [0, 0.05) is 5.56 Å². The molecule has 0 aliphatic carbocycles. The van der Waals surface area contributed by atoms with Gasteiger partial charge in [-0.05, 0) is 50.1 Å². The molecule has 1 heterocycles. The molecule has 0 aliphatic heterocycles. The molecule has 1 aromatic heterocycles. The van der Waals surface area contributed by atoms with E-state index in [2.05, 4.69) is 0 Å². The van der Waals surface area contributed by atoms with Crippen LogP contribution in [0.3, 0.4) is 0 Å². The molecule has 0 spiro atoms. The highest BCUT2D eigenvalue weighted by Gasteiger charge is 2.11. The fourth-order valence-corrected chi connectivity index (χ4v) is 2.06. The molecular weight excluding hydrogens is 222 g/mol. The maximum absolute atomic E-state index is 6.04. The molecule has 0 saturated carbocycles. The number of hydrogen-bond donors (Lipinski definition) is 1. The number of rotatable bonds is 1. The summed E-state index contributed by atoms with van der Waals surface area (Å²) in [4.78, 5) is 0. The fraction of sp³-hybridized carbons (Fsp3) is 0.231. The minimum atomic E-state index is 0.582. The summed E-state index contributed by atoms with van der Waals surface area (Å²) in [5, 5.41) is 0.582. The van der Waals surface area contributed by atoms with E-state index < -0.39 is 0 Å². The molecule has 0 saturated heterocycles. The molecule has 2 nitrogen and oxygen atoms in total. The Labute approximate surface area is 100 Å². The Balaban J connectivity index is 2.64. The van der Waals surface area contributed by atoms with Crippen molar-refractivity contribution in [3.8, 4) is 11.1 Å². The number of hydrogen-bond acceptors (Lipinski definition) is 2. The van der Waals surface area contributed by atoms with Crippen molar-refractivity contribution in [2.24, 2.45) is 0 Å². The van der Waals surface area contributed by atoms with Crippen molar-refractivity contribution in [2.45, 2.75) is 20.8 Å². The second-order valence-corrected chi connectivity index (χ2v) is 4.42. The molecule has 3 heteroatoms. The van der Waals surface area contributed by atoms with Crippen molar-refractivity contribution in [3.05, 3.63) is 40.3 Å². The van der Waals surface area contributed by atoms with E-state index in [0.29, 0.717) is 10.7 Å². The van der Waals surface area contributed by atoms with Gasteiger partial charge in [0.25, 0.3) is 0 Å². The van der Waals surface area contributed by atoms with Crippen molar-refractivity contribution in [3.63, 3.8) is 0 Å². The van der Waals surface area contributed by atoms with Gasteiger partial charge in [-0.3, -0.25) is 0 Å². The van der Waals surface area contributed by atoms with Crippen LogP contribution in [0, 0.1) is 20.8 Å². The van der Waals surface area contributed by atoms with Gasteiger partial charge in [0.2, 0.25) is 0 Å². The number of anilines is 1. The van der Waals surface area contributed by atoms with Gasteiger partial charge in [0.1, 0.15) is 11.5 Å². The fourth-order valence-electron chi connectivity index (χ4n) is 1.89. The molecule has 0 amide bonds. The smallest absolute Gasteiger partial charge is 0.108 e. The average Bonchev–Trinajstić information content (AvgIpc) is 2.51. The van der Waals surface area contributed by atoms with Crippen LogP contribution >= 0.6 is 11.6 Å². The molecule has 16 heavy (non-hydrogen) atoms. The highest BCUT2D eigenvalue weighted by Crippen LogP contribution is 2.33. The zero-order valence-corrected chi connectivity index (χ0v) is 10.4. The number of benzene rings is 1. The highest BCUT2D eigenvalue weighted by molar-refractivity contribution is 6.33. The number of furan rings is 1. The van der Waals surface area contributed by atoms with Crippen molar-refractivity contribution in [1.29, 1.82) is 0 Å². The molecule has 1 aromatic carbocycles. The van der Waals surface area contributed by atoms with Crippen molar-refractivity contribution in [1.82, 2.24) is 0 Å². The highest BCUT2D eigenvalue weighted by atomic mass is 35.5. The maximum Gasteiger partial charge on any atom is 0.108 e. The molecule has 0 unspecified atom stereocenters. The lowest BCUT2D eigenvalue weighted by molar-refractivity contribution is 0.505. The molecule has 0 aliphatic rings. The van der Waals surface area contributed by atoms with Gasteiger partial charge in [-0.25, -0.2) is 0 Å². The Morgan fingerprint density at radius 3 is 2.31 bits per heavy atom. The molecular formula is C13H14ClNO. The lowest BCUT2D eigenvalue weighted by atomic mass is 10.0. The van der Waals surface area contributed by atoms with Crippen LogP contribution in [0.25, 0.3) is 11.1 Å². The van der Waals surface area contributed by atoms with Gasteiger partial charge in [-0.2, -0.15) is 0 Å². The monoisotopic (exact) mass is 235 g/mol. The summed E-state index contributed by atoms with van der Waals surface area (Å²) in [5.74, 6) is 1.81. The number of nitrogen functional groups attached to an aromatic ring is 1. The third-order valence-electron chi connectivity index (χ3n) is 2.67. The molecule has 0 radical (unpaired) electrons. The summed E-state index contributed by atoms with van der Waals surface area (Å²) in [6.45, 7) is 5.90. The molecule has 2 N–H and O–H groups in total. The number of halogens is 1. The Kier molecular flexibility index (Phi) is 2.68. The van der Waals surface area contributed by atoms with Crippen LogP contribution in [0.4, 0.5) is 5.69 Å². The van der Waals surface area contributed by atoms with Crippen LogP contribution in [0.15, 0.2) is 22.6 Å². The lowest BCUT2D eigenvalue weighted by Crippen LogP contribution is -1.90. The van der Waals surface area contributed by atoms with E-state index >= 15 is 0 Å². The second kappa shape index (κ2) is 3.87. The van der Waals surface area contributed by atoms with E-state index in [1.165, 1.54) is 0 Å². The van der Waals surface area contributed by atoms with Crippen LogP contribution < -0.4 is 5.73 Å². The Morgan fingerprint density at radius 2 is 1.75 bits per heavy atom. The lowest BCUT2D eigenvalue weighted by Gasteiger charge is -2.07. The summed E-state index contributed by atoms with van der Waals surface area (Å²) in [6.07, 6.45) is 0. The van der Waals surface area contributed by atoms with Crippen LogP contribution in [-0.4, -0.2) is 0 Å². The largest absolute Gasteiger partial charge is 0.466 e. The van der Waals surface area contributed by atoms with Gasteiger partial charge in [-0.1, -0.05) is 11.6 Å². The molecule has 84 valence electrons. The zero-order valence-electron chi connectivity index (χ0n) is 9.60. The normalized spacial score (nSPS) is 10.8. The third-order valence-corrected chi connectivity index (χ3v) is 3.00. The van der Waals surface area contributed by atoms with E-state index in [-0.39, 0.29) is 0 Å². The molecule has 0 fully saturated rings. The summed E-state index contributed by atoms with van der Waals surface area (Å²) >= 11 is 6.04. The first-order valence-corrected chi connectivity index (χ1v) is 5.50. The van der Waals surface area contributed by atoms with Gasteiger partial charge in [0.05, 0.1) is 10.7 Å². The standard InChI is InChI=1S/C13H14ClNO/c1-7-4-13(15)12(14)6-10(7)11-5-8(2)16-9(11)3/h4-6H,15H2,1-3H3. The summed E-state index contributed by atoms with van der Waals surface area (Å²) < 4.78 is 5.52. The Bertz CT molecular complexity index is 543. The van der Waals surface area contributed by atoms with Crippen LogP contribution in [0.1, 0.15) is 17.1 Å². The quantitative estimate of drug-likeness (QED) is 0.756. The minimum Gasteiger partial charge on any atom is -0.466 e. The molecule has 2 aromatic rings. The number of aryl methyl sites for hydroxylation is 3. The first kappa shape index (κ1) is 11.1. The third kappa shape index (κ3) is 1.81. The van der Waals surface area contributed by atoms with E-state index in [1.807, 2.05) is 39.0 Å². The van der Waals surface area contributed by atoms with E-state index in [9.17, 15) is 0 Å².